The molecule has 3 aromatic carbocycles. The van der Waals surface area contributed by atoms with Gasteiger partial charge in [-0.1, -0.05) is 84.9 Å². The minimum Gasteiger partial charge on any atom is -0.327 e. The minimum atomic E-state index is 0.517. The molecule has 2 heteroatoms. The number of aromatic nitrogens is 2. The van der Waals surface area contributed by atoms with Gasteiger partial charge in [0.1, 0.15) is 0 Å². The molecule has 4 aromatic rings. The molecule has 0 saturated carbocycles. The van der Waals surface area contributed by atoms with E-state index in [0.29, 0.717) is 5.92 Å². The van der Waals surface area contributed by atoms with Gasteiger partial charge in [0, 0.05) is 6.54 Å². The Kier molecular flexibility index (Phi) is 4.83. The Labute approximate surface area is 172 Å². The Bertz CT molecular complexity index is 1120. The van der Waals surface area contributed by atoms with E-state index < -0.39 is 0 Å². The van der Waals surface area contributed by atoms with E-state index in [9.17, 15) is 0 Å². The van der Waals surface area contributed by atoms with E-state index in [0.717, 1.165) is 25.1 Å². The van der Waals surface area contributed by atoms with Crippen molar-refractivity contribution >= 4 is 11.6 Å². The fourth-order valence-corrected chi connectivity index (χ4v) is 4.36. The highest BCUT2D eigenvalue weighted by atomic mass is 15.0. The first-order valence-electron chi connectivity index (χ1n) is 10.2. The van der Waals surface area contributed by atoms with Gasteiger partial charge in [0.15, 0.2) is 0 Å². The highest BCUT2D eigenvalue weighted by molar-refractivity contribution is 5.83. The number of hydrogen-bond donors (Lipinski definition) is 0. The molecule has 1 aliphatic rings. The maximum atomic E-state index is 4.44. The maximum absolute atomic E-state index is 4.44. The molecule has 1 unspecified atom stereocenters. The zero-order chi connectivity index (χ0) is 19.5. The SMILES string of the molecule is C(=C1/CC(c2ccccc2)Cc2ccccc21)/c1cncn1Cc1ccccc1. The van der Waals surface area contributed by atoms with Gasteiger partial charge in [-0.15, -0.1) is 0 Å². The summed E-state index contributed by atoms with van der Waals surface area (Å²) in [6.45, 7) is 0.837. The molecule has 5 rings (SSSR count). The first kappa shape index (κ1) is 17.7. The van der Waals surface area contributed by atoms with Crippen LogP contribution in [0.5, 0.6) is 0 Å². The van der Waals surface area contributed by atoms with Crippen molar-refractivity contribution in [3.8, 4) is 0 Å². The van der Waals surface area contributed by atoms with Crippen molar-refractivity contribution in [3.05, 3.63) is 125 Å². The Morgan fingerprint density at radius 3 is 2.38 bits per heavy atom. The van der Waals surface area contributed by atoms with Crippen molar-refractivity contribution in [2.45, 2.75) is 25.3 Å². The average Bonchev–Trinajstić information content (AvgIpc) is 3.21. The second-order valence-corrected chi connectivity index (χ2v) is 7.77. The van der Waals surface area contributed by atoms with Crippen molar-refractivity contribution in [2.75, 3.05) is 0 Å². The van der Waals surface area contributed by atoms with Crippen LogP contribution in [0.1, 0.15) is 40.3 Å². The normalized spacial score (nSPS) is 17.2. The monoisotopic (exact) mass is 376 g/mol. The van der Waals surface area contributed by atoms with E-state index in [-0.39, 0.29) is 0 Å². The molecule has 0 amide bonds. The first-order chi connectivity index (χ1) is 14.4. The van der Waals surface area contributed by atoms with E-state index in [1.165, 1.54) is 27.8 Å². The van der Waals surface area contributed by atoms with E-state index >= 15 is 0 Å². The number of hydrogen-bond acceptors (Lipinski definition) is 1. The summed E-state index contributed by atoms with van der Waals surface area (Å²) >= 11 is 0. The molecule has 142 valence electrons. The third kappa shape index (κ3) is 3.79. The Balaban J connectivity index is 1.51. The number of fused-ring (bicyclic) bond motifs is 1. The highest BCUT2D eigenvalue weighted by Crippen LogP contribution is 2.40. The fraction of sp³-hybridized carbons (Fsp3) is 0.148. The van der Waals surface area contributed by atoms with Gasteiger partial charge in [0.05, 0.1) is 18.2 Å². The number of rotatable bonds is 4. The summed E-state index contributed by atoms with van der Waals surface area (Å²) in [4.78, 5) is 4.44. The van der Waals surface area contributed by atoms with Crippen LogP contribution in [-0.4, -0.2) is 9.55 Å². The van der Waals surface area contributed by atoms with Crippen molar-refractivity contribution in [3.63, 3.8) is 0 Å². The molecule has 1 atom stereocenters. The first-order valence-corrected chi connectivity index (χ1v) is 10.2. The predicted molar refractivity (Wildman–Crippen MR) is 120 cm³/mol. The van der Waals surface area contributed by atoms with E-state index in [2.05, 4.69) is 101 Å². The van der Waals surface area contributed by atoms with E-state index in [4.69, 9.17) is 0 Å². The van der Waals surface area contributed by atoms with Gasteiger partial charge < -0.3 is 4.57 Å². The van der Waals surface area contributed by atoms with Gasteiger partial charge in [0.2, 0.25) is 0 Å². The molecule has 1 aromatic heterocycles. The fourth-order valence-electron chi connectivity index (χ4n) is 4.36. The molecule has 1 heterocycles. The number of nitrogens with zero attached hydrogens (tertiary/aromatic N) is 2. The lowest BCUT2D eigenvalue weighted by atomic mass is 9.77. The molecule has 0 bridgehead atoms. The molecule has 0 spiro atoms. The quantitative estimate of drug-likeness (QED) is 0.414. The van der Waals surface area contributed by atoms with Gasteiger partial charge in [-0.25, -0.2) is 4.98 Å². The number of imidazole rings is 1. The van der Waals surface area contributed by atoms with Gasteiger partial charge in [-0.05, 0) is 52.7 Å². The molecule has 0 radical (unpaired) electrons. The summed E-state index contributed by atoms with van der Waals surface area (Å²) < 4.78 is 2.23. The smallest absolute Gasteiger partial charge is 0.0953 e. The van der Waals surface area contributed by atoms with Crippen LogP contribution >= 0.6 is 0 Å². The van der Waals surface area contributed by atoms with Crippen LogP contribution in [0, 0.1) is 0 Å². The Morgan fingerprint density at radius 1 is 0.828 bits per heavy atom. The van der Waals surface area contributed by atoms with Crippen molar-refractivity contribution in [1.29, 1.82) is 0 Å². The van der Waals surface area contributed by atoms with Crippen LogP contribution < -0.4 is 0 Å². The molecule has 2 nitrogen and oxygen atoms in total. The Hall–Kier alpha value is -3.39. The maximum Gasteiger partial charge on any atom is 0.0953 e. The largest absolute Gasteiger partial charge is 0.327 e. The number of benzene rings is 3. The van der Waals surface area contributed by atoms with Crippen LogP contribution in [0.4, 0.5) is 0 Å². The number of allylic oxidation sites excluding steroid dienone is 1. The van der Waals surface area contributed by atoms with Crippen LogP contribution in [0.2, 0.25) is 0 Å². The van der Waals surface area contributed by atoms with Gasteiger partial charge in [-0.3, -0.25) is 0 Å². The van der Waals surface area contributed by atoms with Crippen molar-refractivity contribution < 1.29 is 0 Å². The molecule has 0 aliphatic heterocycles. The minimum absolute atomic E-state index is 0.517. The summed E-state index contributed by atoms with van der Waals surface area (Å²) in [5.74, 6) is 0.517. The summed E-state index contributed by atoms with van der Waals surface area (Å²) in [5.41, 5.74) is 8.09. The lowest BCUT2D eigenvalue weighted by molar-refractivity contribution is 0.684. The van der Waals surface area contributed by atoms with Gasteiger partial charge in [0.25, 0.3) is 0 Å². The molecule has 0 saturated heterocycles. The zero-order valence-corrected chi connectivity index (χ0v) is 16.4. The molecular formula is C27H24N2. The lowest BCUT2D eigenvalue weighted by Crippen LogP contribution is -2.12. The third-order valence-corrected chi connectivity index (χ3v) is 5.83. The van der Waals surface area contributed by atoms with E-state index in [1.54, 1.807) is 0 Å². The highest BCUT2D eigenvalue weighted by Gasteiger charge is 2.23. The molecule has 1 aliphatic carbocycles. The molecular weight excluding hydrogens is 352 g/mol. The van der Waals surface area contributed by atoms with Crippen LogP contribution in [0.15, 0.2) is 97.5 Å². The van der Waals surface area contributed by atoms with Gasteiger partial charge >= 0.3 is 0 Å². The molecule has 0 fully saturated rings. The second-order valence-electron chi connectivity index (χ2n) is 7.77. The van der Waals surface area contributed by atoms with Crippen LogP contribution in [-0.2, 0) is 13.0 Å². The molecule has 29 heavy (non-hydrogen) atoms. The van der Waals surface area contributed by atoms with Crippen LogP contribution in [0.3, 0.4) is 0 Å². The van der Waals surface area contributed by atoms with Crippen molar-refractivity contribution in [2.24, 2.45) is 0 Å². The van der Waals surface area contributed by atoms with Crippen molar-refractivity contribution in [1.82, 2.24) is 9.55 Å². The third-order valence-electron chi connectivity index (χ3n) is 5.83. The molecule has 0 N–H and O–H groups in total. The van der Waals surface area contributed by atoms with Crippen LogP contribution in [0.25, 0.3) is 11.6 Å². The predicted octanol–water partition coefficient (Wildman–Crippen LogP) is 6.20. The van der Waals surface area contributed by atoms with E-state index in [1.807, 2.05) is 12.5 Å². The summed E-state index contributed by atoms with van der Waals surface area (Å²) in [7, 11) is 0. The summed E-state index contributed by atoms with van der Waals surface area (Å²) in [5, 5.41) is 0. The lowest BCUT2D eigenvalue weighted by Gasteiger charge is -2.27. The summed E-state index contributed by atoms with van der Waals surface area (Å²) in [6.07, 6.45) is 8.40. The Morgan fingerprint density at radius 2 is 1.55 bits per heavy atom. The standard InChI is InChI=1S/C27H24N2/c1-3-9-21(10-4-1)19-29-20-28-18-26(29)17-25-16-24(22-11-5-2-6-12-22)15-23-13-7-8-14-27(23)25/h1-14,17-18,20,24H,15-16,19H2/b25-17+. The average molecular weight is 377 g/mol. The van der Waals surface area contributed by atoms with Gasteiger partial charge in [-0.2, -0.15) is 0 Å². The second kappa shape index (κ2) is 7.92. The zero-order valence-electron chi connectivity index (χ0n) is 16.4. The summed E-state index contributed by atoms with van der Waals surface area (Å²) in [6, 6.07) is 30.3. The topological polar surface area (TPSA) is 17.8 Å².